The molecule has 0 atom stereocenters. The van der Waals surface area contributed by atoms with Gasteiger partial charge in [0.25, 0.3) is 0 Å². The van der Waals surface area contributed by atoms with Gasteiger partial charge >= 0.3 is 6.18 Å². The lowest BCUT2D eigenvalue weighted by molar-refractivity contribution is -0.137. The van der Waals surface area contributed by atoms with Crippen molar-refractivity contribution >= 4 is 17.4 Å². The van der Waals surface area contributed by atoms with E-state index in [1.165, 1.54) is 19.1 Å². The second kappa shape index (κ2) is 7.59. The van der Waals surface area contributed by atoms with E-state index < -0.39 is 17.6 Å². The molecule has 0 aliphatic rings. The molecule has 0 fully saturated rings. The number of carbonyl (C=O) groups excluding carboxylic acids is 2. The van der Waals surface area contributed by atoms with Gasteiger partial charge in [-0.2, -0.15) is 18.0 Å². The van der Waals surface area contributed by atoms with Crippen LogP contribution in [0.3, 0.4) is 0 Å². The van der Waals surface area contributed by atoms with Crippen LogP contribution < -0.4 is 5.32 Å². The minimum atomic E-state index is -4.48. The van der Waals surface area contributed by atoms with Gasteiger partial charge in [-0.1, -0.05) is 12.1 Å². The number of nitrogens with zero attached hydrogens (tertiary/aromatic N) is 4. The first kappa shape index (κ1) is 19.2. The van der Waals surface area contributed by atoms with E-state index in [1.807, 2.05) is 0 Å². The Bertz CT molecular complexity index is 1010. The van der Waals surface area contributed by atoms with Crippen molar-refractivity contribution in [2.24, 2.45) is 0 Å². The maximum Gasteiger partial charge on any atom is 0.416 e. The van der Waals surface area contributed by atoms with Crippen LogP contribution in [0.15, 0.2) is 48.5 Å². The molecule has 10 heteroatoms. The standard InChI is InChI=1S/C18H14F3N5O2/c1-11(27)12-5-7-15(8-6-12)22-16(28)10-26-24-17(23-25-26)13-3-2-4-14(9-13)18(19,20)21/h2-9H,10H2,1H3,(H,22,28). The van der Waals surface area contributed by atoms with Gasteiger partial charge in [-0.15, -0.1) is 10.2 Å². The molecule has 2 aromatic carbocycles. The van der Waals surface area contributed by atoms with Gasteiger partial charge in [0.2, 0.25) is 11.7 Å². The maximum absolute atomic E-state index is 12.8. The summed E-state index contributed by atoms with van der Waals surface area (Å²) in [6.45, 7) is 1.16. The van der Waals surface area contributed by atoms with Gasteiger partial charge in [-0.25, -0.2) is 0 Å². The Morgan fingerprint density at radius 1 is 1.11 bits per heavy atom. The Balaban J connectivity index is 1.67. The number of nitrogens with one attached hydrogen (secondary N) is 1. The fraction of sp³-hybridized carbons (Fsp3) is 0.167. The molecule has 28 heavy (non-hydrogen) atoms. The Morgan fingerprint density at radius 2 is 1.82 bits per heavy atom. The highest BCUT2D eigenvalue weighted by Crippen LogP contribution is 2.31. The predicted octanol–water partition coefficient (Wildman–Crippen LogP) is 3.20. The summed E-state index contributed by atoms with van der Waals surface area (Å²) in [7, 11) is 0. The SMILES string of the molecule is CC(=O)c1ccc(NC(=O)Cn2nnc(-c3cccc(C(F)(F)F)c3)n2)cc1. The zero-order valence-corrected chi connectivity index (χ0v) is 14.6. The Kier molecular flexibility index (Phi) is 5.21. The third-order valence-corrected chi connectivity index (χ3v) is 3.76. The molecular formula is C18H14F3N5O2. The molecule has 0 saturated heterocycles. The summed E-state index contributed by atoms with van der Waals surface area (Å²) in [5.41, 5.74) is 0.310. The molecule has 0 unspecified atom stereocenters. The molecule has 1 amide bonds. The minimum Gasteiger partial charge on any atom is -0.324 e. The quantitative estimate of drug-likeness (QED) is 0.677. The molecule has 7 nitrogen and oxygen atoms in total. The molecule has 0 spiro atoms. The molecule has 0 saturated carbocycles. The number of tetrazole rings is 1. The van der Waals surface area contributed by atoms with Crippen molar-refractivity contribution < 1.29 is 22.8 Å². The second-order valence-corrected chi connectivity index (χ2v) is 5.90. The number of carbonyl (C=O) groups is 2. The molecule has 3 rings (SSSR count). The van der Waals surface area contributed by atoms with E-state index in [1.54, 1.807) is 24.3 Å². The average Bonchev–Trinajstić information content (AvgIpc) is 3.10. The molecule has 0 radical (unpaired) electrons. The third kappa shape index (κ3) is 4.58. The highest BCUT2D eigenvalue weighted by molar-refractivity contribution is 5.95. The van der Waals surface area contributed by atoms with Gasteiger partial charge in [0.15, 0.2) is 5.78 Å². The van der Waals surface area contributed by atoms with Gasteiger partial charge in [-0.3, -0.25) is 9.59 Å². The van der Waals surface area contributed by atoms with E-state index in [0.29, 0.717) is 11.3 Å². The zero-order chi connectivity index (χ0) is 20.3. The van der Waals surface area contributed by atoms with Crippen molar-refractivity contribution in [3.63, 3.8) is 0 Å². The lowest BCUT2D eigenvalue weighted by Crippen LogP contribution is -2.20. The minimum absolute atomic E-state index is 0.0234. The smallest absolute Gasteiger partial charge is 0.324 e. The fourth-order valence-electron chi connectivity index (χ4n) is 2.38. The first-order valence-electron chi connectivity index (χ1n) is 8.08. The third-order valence-electron chi connectivity index (χ3n) is 3.76. The second-order valence-electron chi connectivity index (χ2n) is 5.90. The van der Waals surface area contributed by atoms with Gasteiger partial charge in [-0.05, 0) is 48.5 Å². The predicted molar refractivity (Wildman–Crippen MR) is 93.3 cm³/mol. The molecule has 144 valence electrons. The van der Waals surface area contributed by atoms with Crippen molar-refractivity contribution in [2.75, 3.05) is 5.32 Å². The molecule has 0 aliphatic carbocycles. The summed E-state index contributed by atoms with van der Waals surface area (Å²) < 4.78 is 38.4. The number of ketones is 1. The van der Waals surface area contributed by atoms with Gasteiger partial charge in [0.05, 0.1) is 5.56 Å². The number of alkyl halides is 3. The van der Waals surface area contributed by atoms with Crippen LogP contribution in [-0.4, -0.2) is 31.9 Å². The molecular weight excluding hydrogens is 375 g/mol. The molecule has 0 bridgehead atoms. The van der Waals surface area contributed by atoms with Crippen molar-refractivity contribution in [1.82, 2.24) is 20.2 Å². The van der Waals surface area contributed by atoms with Gasteiger partial charge < -0.3 is 5.32 Å². The molecule has 0 aliphatic heterocycles. The van der Waals surface area contributed by atoms with E-state index in [2.05, 4.69) is 20.7 Å². The van der Waals surface area contributed by atoms with Crippen LogP contribution in [0.25, 0.3) is 11.4 Å². The number of hydrogen-bond donors (Lipinski definition) is 1. The normalized spacial score (nSPS) is 11.3. The maximum atomic E-state index is 12.8. The van der Waals surface area contributed by atoms with Crippen LogP contribution >= 0.6 is 0 Å². The van der Waals surface area contributed by atoms with E-state index in [0.717, 1.165) is 16.9 Å². The summed E-state index contributed by atoms with van der Waals surface area (Å²) in [5.74, 6) is -0.569. The van der Waals surface area contributed by atoms with E-state index in [4.69, 9.17) is 0 Å². The van der Waals surface area contributed by atoms with Crippen LogP contribution in [0.2, 0.25) is 0 Å². The first-order valence-corrected chi connectivity index (χ1v) is 8.08. The topological polar surface area (TPSA) is 89.8 Å². The van der Waals surface area contributed by atoms with Crippen LogP contribution in [0.4, 0.5) is 18.9 Å². The van der Waals surface area contributed by atoms with Crippen LogP contribution in [-0.2, 0) is 17.5 Å². The highest BCUT2D eigenvalue weighted by atomic mass is 19.4. The number of benzene rings is 2. The highest BCUT2D eigenvalue weighted by Gasteiger charge is 2.30. The summed E-state index contributed by atoms with van der Waals surface area (Å²) >= 11 is 0. The molecule has 1 heterocycles. The number of Topliss-reactive ketones (excluding diaryl/α,β-unsaturated/α-hetero) is 1. The number of amides is 1. The fourth-order valence-corrected chi connectivity index (χ4v) is 2.38. The number of anilines is 1. The van der Waals surface area contributed by atoms with Gasteiger partial charge in [0.1, 0.15) is 6.54 Å². The number of halogens is 3. The van der Waals surface area contributed by atoms with Crippen molar-refractivity contribution in [3.8, 4) is 11.4 Å². The van der Waals surface area contributed by atoms with E-state index in [9.17, 15) is 22.8 Å². The zero-order valence-electron chi connectivity index (χ0n) is 14.6. The van der Waals surface area contributed by atoms with Crippen molar-refractivity contribution in [3.05, 3.63) is 59.7 Å². The summed E-state index contributed by atoms with van der Waals surface area (Å²) in [6, 6.07) is 10.9. The lowest BCUT2D eigenvalue weighted by Gasteiger charge is -2.06. The number of rotatable bonds is 5. The van der Waals surface area contributed by atoms with Crippen LogP contribution in [0.5, 0.6) is 0 Å². The Labute approximate surface area is 157 Å². The van der Waals surface area contributed by atoms with E-state index in [-0.39, 0.29) is 23.7 Å². The monoisotopic (exact) mass is 389 g/mol. The van der Waals surface area contributed by atoms with Crippen LogP contribution in [0, 0.1) is 0 Å². The Hall–Kier alpha value is -3.56. The van der Waals surface area contributed by atoms with Gasteiger partial charge in [0, 0.05) is 16.8 Å². The molecule has 1 aromatic heterocycles. The van der Waals surface area contributed by atoms with Crippen molar-refractivity contribution in [1.29, 1.82) is 0 Å². The van der Waals surface area contributed by atoms with Crippen LogP contribution in [0.1, 0.15) is 22.8 Å². The summed E-state index contributed by atoms with van der Waals surface area (Å²) in [5, 5.41) is 13.9. The molecule has 3 aromatic rings. The summed E-state index contributed by atoms with van der Waals surface area (Å²) in [4.78, 5) is 24.3. The van der Waals surface area contributed by atoms with E-state index >= 15 is 0 Å². The summed E-state index contributed by atoms with van der Waals surface area (Å²) in [6.07, 6.45) is -4.48. The molecule has 1 N–H and O–H groups in total. The largest absolute Gasteiger partial charge is 0.416 e. The number of hydrogen-bond acceptors (Lipinski definition) is 5. The number of aromatic nitrogens is 4. The Morgan fingerprint density at radius 3 is 2.46 bits per heavy atom. The first-order chi connectivity index (χ1) is 13.2. The van der Waals surface area contributed by atoms with Crippen molar-refractivity contribution in [2.45, 2.75) is 19.6 Å². The lowest BCUT2D eigenvalue weighted by atomic mass is 10.1. The average molecular weight is 389 g/mol.